The Morgan fingerprint density at radius 2 is 1.92 bits per heavy atom. The molecule has 0 N–H and O–H groups in total. The zero-order valence-electron chi connectivity index (χ0n) is 14.0. The van der Waals surface area contributed by atoms with Crippen LogP contribution in [0.3, 0.4) is 0 Å². The van der Waals surface area contributed by atoms with Crippen LogP contribution in [0, 0.1) is 11.6 Å². The summed E-state index contributed by atoms with van der Waals surface area (Å²) in [5, 5.41) is 0. The molecule has 3 rings (SSSR count). The van der Waals surface area contributed by atoms with Crippen LogP contribution in [0.4, 0.5) is 8.78 Å². The molecule has 2 aromatic rings. The fourth-order valence-electron chi connectivity index (χ4n) is 2.96. The molecule has 1 fully saturated rings. The lowest BCUT2D eigenvalue weighted by atomic mass is 10.1. The van der Waals surface area contributed by atoms with Gasteiger partial charge in [0.1, 0.15) is 17.4 Å². The third-order valence-electron chi connectivity index (χ3n) is 4.31. The minimum Gasteiger partial charge on any atom is -0.497 e. The third kappa shape index (κ3) is 4.33. The minimum atomic E-state index is -0.500. The van der Waals surface area contributed by atoms with Crippen molar-refractivity contribution in [3.8, 4) is 5.75 Å². The van der Waals surface area contributed by atoms with Crippen LogP contribution in [0.2, 0.25) is 0 Å². The first-order valence-electron chi connectivity index (χ1n) is 8.12. The summed E-state index contributed by atoms with van der Waals surface area (Å²) < 4.78 is 32.2. The zero-order valence-corrected chi connectivity index (χ0v) is 14.0. The maximum absolute atomic E-state index is 13.8. The van der Waals surface area contributed by atoms with Gasteiger partial charge in [0.05, 0.1) is 13.7 Å². The van der Waals surface area contributed by atoms with Crippen molar-refractivity contribution < 1.29 is 18.3 Å². The van der Waals surface area contributed by atoms with Crippen molar-refractivity contribution in [1.29, 1.82) is 0 Å². The molecule has 0 aliphatic carbocycles. The second-order valence-electron chi connectivity index (χ2n) is 6.11. The normalized spacial score (nSPS) is 15.5. The first kappa shape index (κ1) is 17.4. The quantitative estimate of drug-likeness (QED) is 0.835. The van der Waals surface area contributed by atoms with Gasteiger partial charge in [0.25, 0.3) is 0 Å². The Kier molecular flexibility index (Phi) is 5.28. The van der Waals surface area contributed by atoms with E-state index in [0.29, 0.717) is 19.6 Å². The van der Waals surface area contributed by atoms with Crippen molar-refractivity contribution in [2.75, 3.05) is 26.7 Å². The van der Waals surface area contributed by atoms with Gasteiger partial charge in [-0.05, 0) is 35.9 Å². The van der Waals surface area contributed by atoms with E-state index >= 15 is 0 Å². The second kappa shape index (κ2) is 7.61. The Morgan fingerprint density at radius 1 is 1.08 bits per heavy atom. The van der Waals surface area contributed by atoms with Crippen molar-refractivity contribution >= 4 is 5.91 Å². The van der Waals surface area contributed by atoms with Crippen molar-refractivity contribution in [3.05, 3.63) is 65.2 Å². The maximum Gasteiger partial charge on any atom is 0.237 e. The summed E-state index contributed by atoms with van der Waals surface area (Å²) in [4.78, 5) is 16.0. The number of piperazine rings is 1. The maximum atomic E-state index is 13.8. The summed E-state index contributed by atoms with van der Waals surface area (Å²) in [5.41, 5.74) is 1.27. The number of ether oxygens (including phenoxy) is 1. The molecule has 0 bridgehead atoms. The smallest absolute Gasteiger partial charge is 0.237 e. The highest BCUT2D eigenvalue weighted by Gasteiger charge is 2.24. The molecule has 1 saturated heterocycles. The van der Waals surface area contributed by atoms with Gasteiger partial charge in [0, 0.05) is 31.7 Å². The number of nitrogens with zero attached hydrogens (tertiary/aromatic N) is 2. The molecule has 0 aromatic heterocycles. The van der Waals surface area contributed by atoms with E-state index in [0.717, 1.165) is 29.5 Å². The molecule has 2 aromatic carbocycles. The Labute approximate surface area is 145 Å². The largest absolute Gasteiger partial charge is 0.497 e. The van der Waals surface area contributed by atoms with Crippen LogP contribution in [0.15, 0.2) is 42.5 Å². The molecule has 1 heterocycles. The number of methoxy groups -OCH3 is 1. The number of benzene rings is 2. The molecular formula is C19H20F2N2O2. The van der Waals surface area contributed by atoms with Gasteiger partial charge in [0.15, 0.2) is 0 Å². The van der Waals surface area contributed by atoms with E-state index in [-0.39, 0.29) is 24.6 Å². The first-order chi connectivity index (χ1) is 12.0. The van der Waals surface area contributed by atoms with Crippen LogP contribution in [-0.2, 0) is 17.9 Å². The lowest BCUT2D eigenvalue weighted by Crippen LogP contribution is -2.49. The van der Waals surface area contributed by atoms with Crippen LogP contribution in [-0.4, -0.2) is 42.5 Å². The van der Waals surface area contributed by atoms with Crippen LogP contribution in [0.1, 0.15) is 11.1 Å². The van der Waals surface area contributed by atoms with Crippen molar-refractivity contribution in [1.82, 2.24) is 9.80 Å². The van der Waals surface area contributed by atoms with Gasteiger partial charge < -0.3 is 9.64 Å². The number of carbonyl (C=O) groups excluding carboxylic acids is 1. The van der Waals surface area contributed by atoms with E-state index in [2.05, 4.69) is 0 Å². The summed E-state index contributed by atoms with van der Waals surface area (Å²) >= 11 is 0. The predicted molar refractivity (Wildman–Crippen MR) is 90.0 cm³/mol. The first-order valence-corrected chi connectivity index (χ1v) is 8.12. The highest BCUT2D eigenvalue weighted by atomic mass is 19.1. The number of amides is 1. The molecule has 0 radical (unpaired) electrons. The second-order valence-corrected chi connectivity index (χ2v) is 6.11. The number of carbonyl (C=O) groups is 1. The van der Waals surface area contributed by atoms with Crippen LogP contribution in [0.25, 0.3) is 0 Å². The Hall–Kier alpha value is -2.47. The average Bonchev–Trinajstić information content (AvgIpc) is 2.60. The molecule has 0 atom stereocenters. The molecule has 1 aliphatic heterocycles. The monoisotopic (exact) mass is 346 g/mol. The Morgan fingerprint density at radius 3 is 2.68 bits per heavy atom. The van der Waals surface area contributed by atoms with E-state index in [1.807, 2.05) is 29.2 Å². The Bertz CT molecular complexity index is 767. The van der Waals surface area contributed by atoms with Gasteiger partial charge in [0.2, 0.25) is 5.91 Å². The Balaban J connectivity index is 1.60. The fourth-order valence-corrected chi connectivity index (χ4v) is 2.96. The highest BCUT2D eigenvalue weighted by Crippen LogP contribution is 2.18. The van der Waals surface area contributed by atoms with Crippen LogP contribution >= 0.6 is 0 Å². The van der Waals surface area contributed by atoms with Gasteiger partial charge in [-0.25, -0.2) is 8.78 Å². The molecule has 0 unspecified atom stereocenters. The molecule has 1 aliphatic rings. The molecule has 1 amide bonds. The third-order valence-corrected chi connectivity index (χ3v) is 4.31. The molecule has 132 valence electrons. The van der Waals surface area contributed by atoms with E-state index < -0.39 is 11.6 Å². The van der Waals surface area contributed by atoms with Gasteiger partial charge in [-0.2, -0.15) is 0 Å². The van der Waals surface area contributed by atoms with Crippen molar-refractivity contribution in [2.45, 2.75) is 13.1 Å². The van der Waals surface area contributed by atoms with Crippen LogP contribution < -0.4 is 4.74 Å². The number of hydrogen-bond donors (Lipinski definition) is 0. The lowest BCUT2D eigenvalue weighted by Gasteiger charge is -2.34. The molecule has 0 saturated carbocycles. The summed E-state index contributed by atoms with van der Waals surface area (Å²) in [6.07, 6.45) is 0. The number of halogens is 2. The standard InChI is InChI=1S/C19H20F2N2O2/c1-25-17-4-2-3-14(9-17)11-22-7-8-23(19(24)13-22)12-15-10-16(20)5-6-18(15)21/h2-6,9-10H,7-8,11-13H2,1H3. The predicted octanol–water partition coefficient (Wildman–Crippen LogP) is 2.82. The average molecular weight is 346 g/mol. The van der Waals surface area contributed by atoms with Crippen molar-refractivity contribution in [3.63, 3.8) is 0 Å². The van der Waals surface area contributed by atoms with E-state index in [9.17, 15) is 13.6 Å². The minimum absolute atomic E-state index is 0.0854. The summed E-state index contributed by atoms with van der Waals surface area (Å²) in [6.45, 7) is 2.16. The van der Waals surface area contributed by atoms with Gasteiger partial charge in [-0.3, -0.25) is 9.69 Å². The zero-order chi connectivity index (χ0) is 17.8. The summed E-state index contributed by atoms with van der Waals surface area (Å²) in [6, 6.07) is 11.0. The van der Waals surface area contributed by atoms with E-state index in [4.69, 9.17) is 4.74 Å². The topological polar surface area (TPSA) is 32.8 Å². The fraction of sp³-hybridized carbons (Fsp3) is 0.316. The highest BCUT2D eigenvalue weighted by molar-refractivity contribution is 5.79. The van der Waals surface area contributed by atoms with Crippen molar-refractivity contribution in [2.24, 2.45) is 0 Å². The van der Waals surface area contributed by atoms with Crippen LogP contribution in [0.5, 0.6) is 5.75 Å². The molecule has 0 spiro atoms. The van der Waals surface area contributed by atoms with Gasteiger partial charge >= 0.3 is 0 Å². The molecule has 25 heavy (non-hydrogen) atoms. The van der Waals surface area contributed by atoms with Gasteiger partial charge in [-0.15, -0.1) is 0 Å². The van der Waals surface area contributed by atoms with Gasteiger partial charge in [-0.1, -0.05) is 12.1 Å². The summed E-state index contributed by atoms with van der Waals surface area (Å²) in [7, 11) is 1.62. The van der Waals surface area contributed by atoms with E-state index in [1.165, 1.54) is 0 Å². The molecule has 6 heteroatoms. The number of hydrogen-bond acceptors (Lipinski definition) is 3. The molecular weight excluding hydrogens is 326 g/mol. The molecule has 4 nitrogen and oxygen atoms in total. The number of rotatable bonds is 5. The van der Waals surface area contributed by atoms with E-state index in [1.54, 1.807) is 12.0 Å². The summed E-state index contributed by atoms with van der Waals surface area (Å²) in [5.74, 6) is -0.296. The lowest BCUT2D eigenvalue weighted by molar-refractivity contribution is -0.136. The SMILES string of the molecule is COc1cccc(CN2CCN(Cc3cc(F)ccc3F)C(=O)C2)c1.